The lowest BCUT2D eigenvalue weighted by atomic mass is 9.70. The Kier molecular flexibility index (Phi) is 11.6. The maximum atomic E-state index is 14.9. The predicted molar refractivity (Wildman–Crippen MR) is 200 cm³/mol. The van der Waals surface area contributed by atoms with Gasteiger partial charge < -0.3 is 26.2 Å². The minimum absolute atomic E-state index is 0.0719. The monoisotopic (exact) mass is 745 g/mol. The highest BCUT2D eigenvalue weighted by Gasteiger charge is 2.70. The van der Waals surface area contributed by atoms with Gasteiger partial charge in [-0.1, -0.05) is 71.8 Å². The van der Waals surface area contributed by atoms with Gasteiger partial charge in [0, 0.05) is 13.1 Å². The zero-order valence-electron chi connectivity index (χ0n) is 32.3. The van der Waals surface area contributed by atoms with Crippen molar-refractivity contribution >= 4 is 39.4 Å². The average Bonchev–Trinajstić information content (AvgIpc) is 3.35. The number of nitrogens with one attached hydrogen (secondary N) is 4. The molecule has 4 N–H and O–H groups in total. The van der Waals surface area contributed by atoms with E-state index in [2.05, 4.69) is 41.7 Å². The van der Waals surface area contributed by atoms with Crippen LogP contribution in [0.5, 0.6) is 0 Å². The highest BCUT2D eigenvalue weighted by molar-refractivity contribution is 7.92. The van der Waals surface area contributed by atoms with E-state index in [1.807, 2.05) is 6.92 Å². The Hall–Kier alpha value is -2.96. The molecule has 5 atom stereocenters. The van der Waals surface area contributed by atoms with Crippen molar-refractivity contribution in [3.63, 3.8) is 0 Å². The molecule has 1 heterocycles. The van der Waals surface area contributed by atoms with Crippen LogP contribution in [0.4, 0.5) is 4.79 Å². The van der Waals surface area contributed by atoms with E-state index in [0.717, 1.165) is 44.9 Å². The molecule has 0 radical (unpaired) electrons. The molecule has 1 aliphatic heterocycles. The number of piperidine rings is 1. The number of hydrogen-bond donors (Lipinski definition) is 4. The molecule has 0 aromatic rings. The Labute approximate surface area is 310 Å². The second kappa shape index (κ2) is 15.1. The van der Waals surface area contributed by atoms with Gasteiger partial charge in [-0.15, -0.1) is 6.58 Å². The third-order valence-corrected chi connectivity index (χ3v) is 16.2. The summed E-state index contributed by atoms with van der Waals surface area (Å²) in [7, 11) is -3.57. The SMILES string of the molecule is C=CCNC(=O)C(=O)C(NC(=O)C1C2C(CN1C(=O)C(NC(=O)NC1(CS(=O)(=O)C(C)(C)C)CCCCC1)C1(C)CCCCC1)C2(C)C)C1CCC1. The lowest BCUT2D eigenvalue weighted by Crippen LogP contribution is -2.65. The number of fused-ring (bicyclic) bond motifs is 1. The van der Waals surface area contributed by atoms with Crippen molar-refractivity contribution in [1.29, 1.82) is 0 Å². The molecule has 0 aromatic carbocycles. The Morgan fingerprint density at radius 3 is 2.02 bits per heavy atom. The summed E-state index contributed by atoms with van der Waals surface area (Å²) in [6, 6.07) is -3.36. The van der Waals surface area contributed by atoms with Gasteiger partial charge >= 0.3 is 6.03 Å². The average molecular weight is 746 g/mol. The minimum Gasteiger partial charge on any atom is -0.346 e. The summed E-state index contributed by atoms with van der Waals surface area (Å²) in [5.74, 6) is -2.64. The Morgan fingerprint density at radius 2 is 1.48 bits per heavy atom. The normalized spacial score (nSPS) is 27.5. The molecule has 0 aromatic heterocycles. The van der Waals surface area contributed by atoms with Crippen molar-refractivity contribution in [3.8, 4) is 0 Å². The molecule has 4 saturated carbocycles. The number of likely N-dealkylation sites (tertiary alicyclic amines) is 1. The fraction of sp³-hybridized carbons (Fsp3) is 0.821. The summed E-state index contributed by atoms with van der Waals surface area (Å²) < 4.78 is 25.9. The van der Waals surface area contributed by atoms with Gasteiger partial charge in [-0.05, 0) is 87.9 Å². The standard InChI is InChI=1S/C39H63N5O7S/c1-8-22-40-33(47)30(45)28(25-16-15-17-25)41-32(46)29-27-26(37(27,5)6)23-44(29)34(48)31(38(7)18-11-9-12-19-38)42-35(49)43-39(20-13-10-14-21-39)24-52(50,51)36(2,3)4/h8,25-29,31H,1,9-24H2,2-7H3,(H,40,47)(H,41,46)(H2,42,43,49). The number of hydrogen-bond acceptors (Lipinski definition) is 7. The third-order valence-electron chi connectivity index (χ3n) is 13.4. The number of carbonyl (C=O) groups is 5. The van der Waals surface area contributed by atoms with Gasteiger partial charge in [-0.2, -0.15) is 0 Å². The van der Waals surface area contributed by atoms with Gasteiger partial charge in [0.25, 0.3) is 5.91 Å². The molecule has 5 amide bonds. The molecular formula is C39H63N5O7S. The maximum Gasteiger partial charge on any atom is 0.315 e. The number of urea groups is 1. The molecule has 13 heteroatoms. The molecule has 4 aliphatic carbocycles. The number of ketones is 1. The van der Waals surface area contributed by atoms with Crippen LogP contribution in [0.3, 0.4) is 0 Å². The minimum atomic E-state index is -3.57. The van der Waals surface area contributed by atoms with Crippen LogP contribution in [0.1, 0.15) is 125 Å². The van der Waals surface area contributed by atoms with Gasteiger partial charge in [0.05, 0.1) is 16.0 Å². The smallest absolute Gasteiger partial charge is 0.315 e. The van der Waals surface area contributed by atoms with E-state index in [1.165, 1.54) is 6.08 Å². The van der Waals surface area contributed by atoms with Gasteiger partial charge in [-0.3, -0.25) is 19.2 Å². The Morgan fingerprint density at radius 1 is 0.885 bits per heavy atom. The van der Waals surface area contributed by atoms with E-state index in [-0.39, 0.29) is 41.4 Å². The number of sulfone groups is 1. The van der Waals surface area contributed by atoms with Crippen LogP contribution in [0.2, 0.25) is 0 Å². The first-order chi connectivity index (χ1) is 24.3. The fourth-order valence-electron chi connectivity index (χ4n) is 9.49. The van der Waals surface area contributed by atoms with Crippen molar-refractivity contribution in [2.45, 2.75) is 153 Å². The molecule has 0 bridgehead atoms. The summed E-state index contributed by atoms with van der Waals surface area (Å²) in [6.45, 7) is 15.3. The van der Waals surface area contributed by atoms with Gasteiger partial charge in [0.15, 0.2) is 9.84 Å². The van der Waals surface area contributed by atoms with Crippen LogP contribution in [0, 0.1) is 28.6 Å². The molecule has 5 unspecified atom stereocenters. The summed E-state index contributed by atoms with van der Waals surface area (Å²) in [5.41, 5.74) is -1.73. The largest absolute Gasteiger partial charge is 0.346 e. The molecule has 1 saturated heterocycles. The number of Topliss-reactive ketones (excluding diaryl/α,β-unsaturated/α-hetero) is 1. The van der Waals surface area contributed by atoms with Crippen molar-refractivity contribution < 1.29 is 32.4 Å². The first-order valence-electron chi connectivity index (χ1n) is 19.6. The van der Waals surface area contributed by atoms with Crippen LogP contribution in [-0.4, -0.2) is 90.1 Å². The van der Waals surface area contributed by atoms with Crippen LogP contribution in [0.25, 0.3) is 0 Å². The van der Waals surface area contributed by atoms with Crippen molar-refractivity contribution in [1.82, 2.24) is 26.2 Å². The quantitative estimate of drug-likeness (QED) is 0.162. The van der Waals surface area contributed by atoms with Gasteiger partial charge in [-0.25, -0.2) is 13.2 Å². The van der Waals surface area contributed by atoms with E-state index in [1.54, 1.807) is 25.7 Å². The van der Waals surface area contributed by atoms with E-state index in [0.29, 0.717) is 45.1 Å². The molecular weight excluding hydrogens is 683 g/mol. The lowest BCUT2D eigenvalue weighted by molar-refractivity contribution is -0.146. The summed E-state index contributed by atoms with van der Waals surface area (Å²) in [5, 5.41) is 11.6. The predicted octanol–water partition coefficient (Wildman–Crippen LogP) is 4.18. The molecule has 12 nitrogen and oxygen atoms in total. The van der Waals surface area contributed by atoms with Gasteiger partial charge in [0.1, 0.15) is 18.1 Å². The van der Waals surface area contributed by atoms with Crippen LogP contribution in [-0.2, 0) is 29.0 Å². The summed E-state index contributed by atoms with van der Waals surface area (Å²) in [4.78, 5) is 71.0. The van der Waals surface area contributed by atoms with E-state index >= 15 is 0 Å². The molecule has 52 heavy (non-hydrogen) atoms. The highest BCUT2D eigenvalue weighted by atomic mass is 32.2. The number of carbonyl (C=O) groups excluding carboxylic acids is 5. The zero-order valence-corrected chi connectivity index (χ0v) is 33.1. The van der Waals surface area contributed by atoms with Crippen molar-refractivity contribution in [2.75, 3.05) is 18.8 Å². The zero-order chi connectivity index (χ0) is 38.3. The lowest BCUT2D eigenvalue weighted by Gasteiger charge is -2.44. The van der Waals surface area contributed by atoms with Crippen LogP contribution >= 0.6 is 0 Å². The van der Waals surface area contributed by atoms with Crippen molar-refractivity contribution in [3.05, 3.63) is 12.7 Å². The Bertz CT molecular complexity index is 1520. The van der Waals surface area contributed by atoms with E-state index in [9.17, 15) is 32.4 Å². The summed E-state index contributed by atoms with van der Waals surface area (Å²) in [6.07, 6.45) is 11.7. The highest BCUT2D eigenvalue weighted by Crippen LogP contribution is 2.65. The second-order valence-corrected chi connectivity index (χ2v) is 21.1. The first-order valence-corrected chi connectivity index (χ1v) is 21.3. The Balaban J connectivity index is 1.40. The van der Waals surface area contributed by atoms with E-state index in [4.69, 9.17) is 0 Å². The topological polar surface area (TPSA) is 171 Å². The maximum absolute atomic E-state index is 14.9. The summed E-state index contributed by atoms with van der Waals surface area (Å²) >= 11 is 0. The first kappa shape index (κ1) is 40.2. The van der Waals surface area contributed by atoms with E-state index < -0.39 is 67.3 Å². The molecule has 292 valence electrons. The number of rotatable bonds is 13. The fourth-order valence-corrected chi connectivity index (χ4v) is 11.0. The molecule has 0 spiro atoms. The number of nitrogens with zero attached hydrogens (tertiary/aromatic N) is 1. The molecule has 5 aliphatic rings. The number of amides is 5. The molecule has 5 rings (SSSR count). The molecule has 5 fully saturated rings. The van der Waals surface area contributed by atoms with Crippen LogP contribution < -0.4 is 21.3 Å². The van der Waals surface area contributed by atoms with Crippen molar-refractivity contribution in [2.24, 2.45) is 28.6 Å². The van der Waals surface area contributed by atoms with Crippen LogP contribution in [0.15, 0.2) is 12.7 Å². The van der Waals surface area contributed by atoms with Gasteiger partial charge in [0.2, 0.25) is 17.6 Å². The third kappa shape index (κ3) is 8.09. The second-order valence-electron chi connectivity index (χ2n) is 18.4.